The lowest BCUT2D eigenvalue weighted by Gasteiger charge is -2.12. The number of carbonyl (C=O) groups is 3. The number of hydrogen-bond acceptors (Lipinski definition) is 8. The molecular weight excluding hydrogens is 422 g/mol. The van der Waals surface area contributed by atoms with E-state index < -0.39 is 22.8 Å². The number of rotatable bonds is 8. The van der Waals surface area contributed by atoms with Crippen molar-refractivity contribution in [3.63, 3.8) is 0 Å². The second kappa shape index (κ2) is 9.33. The van der Waals surface area contributed by atoms with Crippen LogP contribution in [0, 0.1) is 10.1 Å². The number of esters is 1. The number of urea groups is 1. The maximum atomic E-state index is 12.7. The first kappa shape index (κ1) is 22.5. The third-order valence-electron chi connectivity index (χ3n) is 4.72. The van der Waals surface area contributed by atoms with E-state index in [1.807, 2.05) is 6.92 Å². The predicted octanol–water partition coefficient (Wildman–Crippen LogP) is 3.24. The van der Waals surface area contributed by atoms with Crippen LogP contribution in [-0.4, -0.2) is 40.9 Å². The smallest absolute Gasteiger partial charge is 0.373 e. The Kier molecular flexibility index (Phi) is 6.57. The molecule has 1 aliphatic rings. The Bertz CT molecular complexity index is 1100. The molecule has 0 spiro atoms. The molecule has 2 heterocycles. The number of methoxy groups -OCH3 is 1. The summed E-state index contributed by atoms with van der Waals surface area (Å²) in [7, 11) is 1.20. The van der Waals surface area contributed by atoms with Crippen LogP contribution in [0.1, 0.15) is 42.1 Å². The fraction of sp³-hybridized carbons (Fsp3) is 0.286. The summed E-state index contributed by atoms with van der Waals surface area (Å²) < 4.78 is 15.4. The van der Waals surface area contributed by atoms with Crippen molar-refractivity contribution >= 4 is 29.7 Å². The van der Waals surface area contributed by atoms with Crippen molar-refractivity contribution in [2.45, 2.75) is 32.9 Å². The van der Waals surface area contributed by atoms with Crippen LogP contribution in [0.15, 0.2) is 40.4 Å². The first-order valence-corrected chi connectivity index (χ1v) is 9.70. The Hall–Kier alpha value is -4.15. The van der Waals surface area contributed by atoms with Crippen molar-refractivity contribution in [1.29, 1.82) is 0 Å². The number of nitrogens with zero attached hydrogens (tertiary/aromatic N) is 2. The Labute approximate surface area is 182 Å². The number of amides is 3. The van der Waals surface area contributed by atoms with Crippen molar-refractivity contribution in [2.24, 2.45) is 0 Å². The van der Waals surface area contributed by atoms with Gasteiger partial charge in [-0.05, 0) is 43.2 Å². The van der Waals surface area contributed by atoms with Crippen molar-refractivity contribution in [1.82, 2.24) is 10.2 Å². The fourth-order valence-electron chi connectivity index (χ4n) is 2.88. The molecule has 1 aromatic carbocycles. The minimum atomic E-state index is -0.691. The summed E-state index contributed by atoms with van der Waals surface area (Å²) in [6.07, 6.45) is 1.81. The number of benzene rings is 1. The number of nitro groups is 1. The summed E-state index contributed by atoms with van der Waals surface area (Å²) in [5.41, 5.74) is 0.0310. The Morgan fingerprint density at radius 1 is 1.31 bits per heavy atom. The van der Waals surface area contributed by atoms with E-state index >= 15 is 0 Å². The van der Waals surface area contributed by atoms with Crippen molar-refractivity contribution in [3.8, 4) is 5.75 Å². The maximum absolute atomic E-state index is 12.7. The average molecular weight is 443 g/mol. The van der Waals surface area contributed by atoms with Gasteiger partial charge in [0.1, 0.15) is 11.5 Å². The second-order valence-corrected chi connectivity index (χ2v) is 6.96. The van der Waals surface area contributed by atoms with Gasteiger partial charge in [-0.15, -0.1) is 0 Å². The van der Waals surface area contributed by atoms with Crippen LogP contribution >= 0.6 is 0 Å². The van der Waals surface area contributed by atoms with E-state index in [0.29, 0.717) is 12.0 Å². The molecule has 168 valence electrons. The molecule has 0 radical (unpaired) electrons. The molecule has 0 bridgehead atoms. The van der Waals surface area contributed by atoms with Crippen LogP contribution in [0.2, 0.25) is 0 Å². The lowest BCUT2D eigenvalue weighted by Crippen LogP contribution is -2.30. The van der Waals surface area contributed by atoms with Gasteiger partial charge in [-0.2, -0.15) is 0 Å². The van der Waals surface area contributed by atoms with E-state index in [1.54, 1.807) is 13.0 Å². The van der Waals surface area contributed by atoms with Crippen molar-refractivity contribution < 1.29 is 33.2 Å². The van der Waals surface area contributed by atoms with Gasteiger partial charge in [0.15, 0.2) is 5.75 Å². The van der Waals surface area contributed by atoms with E-state index in [4.69, 9.17) is 9.15 Å². The average Bonchev–Trinajstić information content (AvgIpc) is 3.34. The Morgan fingerprint density at radius 2 is 2.06 bits per heavy atom. The highest BCUT2D eigenvalue weighted by atomic mass is 16.6. The number of carbonyl (C=O) groups excluding carboxylic acids is 3. The number of nitrogens with one attached hydrogen (secondary N) is 1. The number of imide groups is 1. The first-order valence-electron chi connectivity index (χ1n) is 9.70. The monoisotopic (exact) mass is 443 g/mol. The Balaban J connectivity index is 1.80. The van der Waals surface area contributed by atoms with E-state index in [0.717, 1.165) is 4.90 Å². The van der Waals surface area contributed by atoms with E-state index in [9.17, 15) is 24.5 Å². The summed E-state index contributed by atoms with van der Waals surface area (Å²) in [6, 6.07) is 6.40. The summed E-state index contributed by atoms with van der Waals surface area (Å²) in [5, 5.41) is 13.9. The van der Waals surface area contributed by atoms with Crippen LogP contribution < -0.4 is 10.1 Å². The highest BCUT2D eigenvalue weighted by Crippen LogP contribution is 2.30. The molecule has 11 heteroatoms. The van der Waals surface area contributed by atoms with E-state index in [-0.39, 0.29) is 41.3 Å². The molecule has 1 aliphatic heterocycles. The van der Waals surface area contributed by atoms with Crippen LogP contribution in [0.5, 0.6) is 5.75 Å². The van der Waals surface area contributed by atoms with E-state index in [2.05, 4.69) is 10.1 Å². The van der Waals surface area contributed by atoms with Crippen LogP contribution in [0.4, 0.5) is 10.5 Å². The summed E-state index contributed by atoms with van der Waals surface area (Å²) in [6.45, 7) is 3.49. The molecule has 32 heavy (non-hydrogen) atoms. The van der Waals surface area contributed by atoms with Crippen molar-refractivity contribution in [2.75, 3.05) is 7.11 Å². The molecule has 0 aliphatic carbocycles. The van der Waals surface area contributed by atoms with Gasteiger partial charge in [0, 0.05) is 6.07 Å². The molecule has 1 atom stereocenters. The van der Waals surface area contributed by atoms with Gasteiger partial charge >= 0.3 is 17.7 Å². The van der Waals surface area contributed by atoms with E-state index in [1.165, 1.54) is 37.5 Å². The zero-order chi connectivity index (χ0) is 23.4. The zero-order valence-electron chi connectivity index (χ0n) is 17.6. The summed E-state index contributed by atoms with van der Waals surface area (Å²) in [5.74, 6) is -1.06. The molecule has 3 amide bonds. The molecule has 11 nitrogen and oxygen atoms in total. The highest BCUT2D eigenvalue weighted by molar-refractivity contribution is 6.13. The number of hydrogen-bond donors (Lipinski definition) is 1. The molecule has 3 rings (SSSR count). The topological polar surface area (TPSA) is 141 Å². The SMILES string of the molecule is CC[C@H](C)Oc1ccc(/C=C2\NC(=O)N(Cc3ccc(C(=O)OC)o3)C2=O)cc1[N+](=O)[O-]. The van der Waals surface area contributed by atoms with Gasteiger partial charge in [-0.25, -0.2) is 9.59 Å². The second-order valence-electron chi connectivity index (χ2n) is 6.96. The van der Waals surface area contributed by atoms with Gasteiger partial charge in [-0.1, -0.05) is 13.0 Å². The maximum Gasteiger partial charge on any atom is 0.373 e. The largest absolute Gasteiger partial charge is 0.484 e. The van der Waals surface area contributed by atoms with Crippen LogP contribution in [0.3, 0.4) is 0 Å². The predicted molar refractivity (Wildman–Crippen MR) is 111 cm³/mol. The highest BCUT2D eigenvalue weighted by Gasteiger charge is 2.34. The Morgan fingerprint density at radius 3 is 2.72 bits per heavy atom. The summed E-state index contributed by atoms with van der Waals surface area (Å²) >= 11 is 0. The molecular formula is C21H21N3O8. The number of ether oxygens (including phenoxy) is 2. The zero-order valence-corrected chi connectivity index (χ0v) is 17.6. The number of furan rings is 1. The first-order chi connectivity index (χ1) is 15.2. The molecule has 1 saturated heterocycles. The molecule has 1 aromatic heterocycles. The van der Waals surface area contributed by atoms with Gasteiger partial charge in [-0.3, -0.25) is 19.8 Å². The lowest BCUT2D eigenvalue weighted by atomic mass is 10.1. The molecule has 2 aromatic rings. The molecule has 1 fully saturated rings. The van der Waals surface area contributed by atoms with Gasteiger partial charge in [0.25, 0.3) is 5.91 Å². The standard InChI is InChI=1S/C21H21N3O8/c1-4-12(2)31-17-7-5-13(10-16(17)24(28)29)9-15-19(25)23(21(27)22-15)11-14-6-8-18(32-14)20(26)30-3/h5-10,12H,4,11H2,1-3H3,(H,22,27)/b15-9-/t12-/m0/s1. The fourth-order valence-corrected chi connectivity index (χ4v) is 2.88. The third-order valence-corrected chi connectivity index (χ3v) is 4.72. The normalized spacial score (nSPS) is 15.6. The van der Waals surface area contributed by atoms with Gasteiger partial charge in [0.05, 0.1) is 24.7 Å². The van der Waals surface area contributed by atoms with Gasteiger partial charge in [0.2, 0.25) is 5.76 Å². The lowest BCUT2D eigenvalue weighted by molar-refractivity contribution is -0.386. The third kappa shape index (κ3) is 4.77. The quantitative estimate of drug-likeness (QED) is 0.215. The minimum Gasteiger partial charge on any atom is -0.484 e. The van der Waals surface area contributed by atoms with Crippen molar-refractivity contribution in [3.05, 3.63) is 63.2 Å². The van der Waals surface area contributed by atoms with Crippen LogP contribution in [0.25, 0.3) is 6.08 Å². The van der Waals surface area contributed by atoms with Crippen LogP contribution in [-0.2, 0) is 16.1 Å². The minimum absolute atomic E-state index is 0.0559. The number of nitro benzene ring substituents is 1. The molecule has 1 N–H and O–H groups in total. The molecule has 0 saturated carbocycles. The molecule has 0 unspecified atom stereocenters. The summed E-state index contributed by atoms with van der Waals surface area (Å²) in [4.78, 5) is 48.2. The van der Waals surface area contributed by atoms with Gasteiger partial charge < -0.3 is 19.2 Å².